The van der Waals surface area contributed by atoms with E-state index in [9.17, 15) is 9.59 Å². The van der Waals surface area contributed by atoms with Gasteiger partial charge in [-0.25, -0.2) is 4.79 Å². The van der Waals surface area contributed by atoms with Gasteiger partial charge in [-0.1, -0.05) is 13.8 Å². The van der Waals surface area contributed by atoms with Crippen molar-refractivity contribution in [3.8, 4) is 0 Å². The van der Waals surface area contributed by atoms with Crippen molar-refractivity contribution in [3.63, 3.8) is 0 Å². The van der Waals surface area contributed by atoms with E-state index in [2.05, 4.69) is 5.32 Å². The Balaban J connectivity index is 4.04. The van der Waals surface area contributed by atoms with E-state index in [0.29, 0.717) is 13.0 Å². The number of ether oxygens (including phenoxy) is 1. The molecule has 2 N–H and O–H groups in total. The average molecular weight is 217 g/mol. The molecule has 0 fully saturated rings. The smallest absolute Gasteiger partial charge is 0.326 e. The second-order valence-electron chi connectivity index (χ2n) is 3.84. The lowest BCUT2D eigenvalue weighted by Gasteiger charge is -2.14. The molecule has 88 valence electrons. The summed E-state index contributed by atoms with van der Waals surface area (Å²) in [6, 6.07) is -0.851. The first-order valence-electron chi connectivity index (χ1n) is 4.98. The van der Waals surface area contributed by atoms with Crippen LogP contribution in [-0.4, -0.2) is 36.7 Å². The van der Waals surface area contributed by atoms with E-state index in [1.165, 1.54) is 7.11 Å². The number of carboxylic acid groups (broad SMARTS) is 1. The molecule has 0 aromatic rings. The maximum atomic E-state index is 11.3. The van der Waals surface area contributed by atoms with Crippen molar-refractivity contribution in [2.45, 2.75) is 32.7 Å². The van der Waals surface area contributed by atoms with Crippen molar-refractivity contribution < 1.29 is 19.4 Å². The van der Waals surface area contributed by atoms with Gasteiger partial charge in [0.05, 0.1) is 0 Å². The summed E-state index contributed by atoms with van der Waals surface area (Å²) in [6.45, 7) is 4.13. The molecular formula is C10H19NO4. The number of carbonyl (C=O) groups is 2. The van der Waals surface area contributed by atoms with Crippen molar-refractivity contribution in [3.05, 3.63) is 0 Å². The van der Waals surface area contributed by atoms with E-state index >= 15 is 0 Å². The predicted octanol–water partition coefficient (Wildman–Crippen LogP) is 0.638. The number of carboxylic acids is 1. The second kappa shape index (κ2) is 7.23. The zero-order valence-electron chi connectivity index (χ0n) is 9.45. The van der Waals surface area contributed by atoms with Crippen LogP contribution in [0.1, 0.15) is 26.7 Å². The van der Waals surface area contributed by atoms with Gasteiger partial charge in [0.15, 0.2) is 0 Å². The third-order valence-corrected chi connectivity index (χ3v) is 1.84. The molecular weight excluding hydrogens is 198 g/mol. The third kappa shape index (κ3) is 6.90. The molecule has 0 aliphatic rings. The molecule has 1 amide bonds. The monoisotopic (exact) mass is 217 g/mol. The van der Waals surface area contributed by atoms with Gasteiger partial charge in [0.25, 0.3) is 0 Å². The molecule has 0 heterocycles. The molecule has 0 saturated carbocycles. The van der Waals surface area contributed by atoms with Gasteiger partial charge < -0.3 is 15.2 Å². The number of amides is 1. The topological polar surface area (TPSA) is 75.6 Å². The van der Waals surface area contributed by atoms with Crippen LogP contribution in [0, 0.1) is 5.92 Å². The van der Waals surface area contributed by atoms with Crippen LogP contribution in [0.25, 0.3) is 0 Å². The summed E-state index contributed by atoms with van der Waals surface area (Å²) in [6.07, 6.45) is 0.631. The second-order valence-corrected chi connectivity index (χ2v) is 3.84. The number of carbonyl (C=O) groups excluding carboxylic acids is 1. The Morgan fingerprint density at radius 2 is 2.00 bits per heavy atom. The maximum Gasteiger partial charge on any atom is 0.326 e. The van der Waals surface area contributed by atoms with Gasteiger partial charge in [-0.3, -0.25) is 4.79 Å². The van der Waals surface area contributed by atoms with Crippen molar-refractivity contribution >= 4 is 11.9 Å². The minimum absolute atomic E-state index is 0.224. The van der Waals surface area contributed by atoms with Crippen LogP contribution in [0.5, 0.6) is 0 Å². The number of hydrogen-bond acceptors (Lipinski definition) is 3. The summed E-state index contributed by atoms with van der Waals surface area (Å²) in [5.41, 5.74) is 0. The van der Waals surface area contributed by atoms with Crippen LogP contribution in [0.15, 0.2) is 0 Å². The predicted molar refractivity (Wildman–Crippen MR) is 55.5 cm³/mol. The fourth-order valence-corrected chi connectivity index (χ4v) is 1.12. The van der Waals surface area contributed by atoms with Gasteiger partial charge in [0, 0.05) is 26.6 Å². The molecule has 5 nitrogen and oxygen atoms in total. The Hall–Kier alpha value is -1.10. The first-order valence-corrected chi connectivity index (χ1v) is 4.98. The van der Waals surface area contributed by atoms with Crippen molar-refractivity contribution in [1.29, 1.82) is 0 Å². The number of rotatable bonds is 7. The van der Waals surface area contributed by atoms with Gasteiger partial charge in [0.2, 0.25) is 5.91 Å². The first kappa shape index (κ1) is 13.9. The van der Waals surface area contributed by atoms with Crippen molar-refractivity contribution in [1.82, 2.24) is 5.32 Å². The summed E-state index contributed by atoms with van der Waals surface area (Å²) in [5, 5.41) is 11.3. The molecule has 0 spiro atoms. The number of aliphatic carboxylic acids is 1. The van der Waals surface area contributed by atoms with Gasteiger partial charge in [-0.2, -0.15) is 0 Å². The zero-order chi connectivity index (χ0) is 11.8. The lowest BCUT2D eigenvalue weighted by Crippen LogP contribution is -2.41. The lowest BCUT2D eigenvalue weighted by atomic mass is 10.1. The molecule has 1 atom stereocenters. The minimum Gasteiger partial charge on any atom is -0.480 e. The van der Waals surface area contributed by atoms with E-state index in [1.54, 1.807) is 0 Å². The summed E-state index contributed by atoms with van der Waals surface area (Å²) in [4.78, 5) is 22.1. The molecule has 0 aromatic heterocycles. The average Bonchev–Trinajstić information content (AvgIpc) is 2.10. The molecule has 0 aromatic carbocycles. The molecule has 0 aliphatic carbocycles. The van der Waals surface area contributed by atoms with E-state index in [1.807, 2.05) is 13.8 Å². The number of hydrogen-bond donors (Lipinski definition) is 2. The van der Waals surface area contributed by atoms with Crippen LogP contribution >= 0.6 is 0 Å². The fraction of sp³-hybridized carbons (Fsp3) is 0.800. The highest BCUT2D eigenvalue weighted by Gasteiger charge is 2.19. The number of methoxy groups -OCH3 is 1. The van der Waals surface area contributed by atoms with Crippen LogP contribution in [-0.2, 0) is 14.3 Å². The molecule has 15 heavy (non-hydrogen) atoms. The molecule has 0 aliphatic heterocycles. The molecule has 0 rings (SSSR count). The molecule has 0 saturated heterocycles. The standard InChI is InChI=1S/C10H19NO4/c1-7(2)6-9(12)11-8(10(13)14)4-5-15-3/h7-8H,4-6H2,1-3H3,(H,11,12)(H,13,14). The van der Waals surface area contributed by atoms with Gasteiger partial charge >= 0.3 is 5.97 Å². The third-order valence-electron chi connectivity index (χ3n) is 1.84. The SMILES string of the molecule is COCCC(NC(=O)CC(C)C)C(=O)O. The Labute approximate surface area is 89.8 Å². The molecule has 5 heteroatoms. The largest absolute Gasteiger partial charge is 0.480 e. The summed E-state index contributed by atoms with van der Waals surface area (Å²) in [5.74, 6) is -1.03. The van der Waals surface area contributed by atoms with E-state index in [-0.39, 0.29) is 18.2 Å². The highest BCUT2D eigenvalue weighted by Crippen LogP contribution is 2.00. The fourth-order valence-electron chi connectivity index (χ4n) is 1.12. The van der Waals surface area contributed by atoms with E-state index < -0.39 is 12.0 Å². The van der Waals surface area contributed by atoms with Gasteiger partial charge in [-0.15, -0.1) is 0 Å². The van der Waals surface area contributed by atoms with Gasteiger partial charge in [-0.05, 0) is 5.92 Å². The summed E-state index contributed by atoms with van der Waals surface area (Å²) in [7, 11) is 1.49. The van der Waals surface area contributed by atoms with Crippen molar-refractivity contribution in [2.75, 3.05) is 13.7 Å². The summed E-state index contributed by atoms with van der Waals surface area (Å²) >= 11 is 0. The van der Waals surface area contributed by atoms with Crippen LogP contribution in [0.4, 0.5) is 0 Å². The lowest BCUT2D eigenvalue weighted by molar-refractivity contribution is -0.142. The Bertz CT molecular complexity index is 215. The van der Waals surface area contributed by atoms with E-state index in [0.717, 1.165) is 0 Å². The molecule has 0 radical (unpaired) electrons. The zero-order valence-corrected chi connectivity index (χ0v) is 9.45. The molecule has 1 unspecified atom stereocenters. The van der Waals surface area contributed by atoms with E-state index in [4.69, 9.17) is 9.84 Å². The van der Waals surface area contributed by atoms with Gasteiger partial charge in [0.1, 0.15) is 6.04 Å². The van der Waals surface area contributed by atoms with Crippen LogP contribution in [0.2, 0.25) is 0 Å². The highest BCUT2D eigenvalue weighted by atomic mass is 16.5. The first-order chi connectivity index (χ1) is 6.97. The van der Waals surface area contributed by atoms with Crippen LogP contribution < -0.4 is 5.32 Å². The molecule has 0 bridgehead atoms. The van der Waals surface area contributed by atoms with Crippen molar-refractivity contribution in [2.24, 2.45) is 5.92 Å². The highest BCUT2D eigenvalue weighted by molar-refractivity contribution is 5.83. The van der Waals surface area contributed by atoms with Crippen LogP contribution in [0.3, 0.4) is 0 Å². The number of nitrogens with one attached hydrogen (secondary N) is 1. The quantitative estimate of drug-likeness (QED) is 0.656. The minimum atomic E-state index is -1.02. The Morgan fingerprint density at radius 3 is 2.40 bits per heavy atom. The maximum absolute atomic E-state index is 11.3. The Morgan fingerprint density at radius 1 is 1.40 bits per heavy atom. The summed E-state index contributed by atoms with van der Waals surface area (Å²) < 4.78 is 4.77. The normalized spacial score (nSPS) is 12.5. The Kier molecular flexibility index (Phi) is 6.70.